The summed E-state index contributed by atoms with van der Waals surface area (Å²) in [5.41, 5.74) is 0.198. The number of rotatable bonds is 6. The van der Waals surface area contributed by atoms with E-state index in [1.165, 1.54) is 20.2 Å². The molecule has 0 aliphatic rings. The number of urea groups is 1. The lowest BCUT2D eigenvalue weighted by Gasteiger charge is -2.10. The first kappa shape index (κ1) is 20.1. The Morgan fingerprint density at radius 3 is 2.63 bits per heavy atom. The van der Waals surface area contributed by atoms with E-state index in [9.17, 15) is 18.0 Å². The standard InChI is InChI=1S/C14H18N6O6S/c1-5-26-12(21)9-7-15-20(3)11(9)27(23,24)19-14(22)18-13-16-8(2)6-10(17-13)25-4/h6-7H,5H2,1-4H3,(H2,16,17,18,19,22). The van der Waals surface area contributed by atoms with E-state index in [-0.39, 0.29) is 24.0 Å². The molecule has 0 aliphatic carbocycles. The van der Waals surface area contributed by atoms with Crippen LogP contribution in [0.5, 0.6) is 5.88 Å². The van der Waals surface area contributed by atoms with Gasteiger partial charge in [-0.05, 0) is 13.8 Å². The molecule has 0 aromatic carbocycles. The first-order chi connectivity index (χ1) is 12.7. The van der Waals surface area contributed by atoms with Gasteiger partial charge in [-0.15, -0.1) is 0 Å². The van der Waals surface area contributed by atoms with E-state index in [4.69, 9.17) is 9.47 Å². The maximum absolute atomic E-state index is 12.5. The molecule has 0 saturated carbocycles. The molecule has 12 nitrogen and oxygen atoms in total. The van der Waals surface area contributed by atoms with E-state index in [0.29, 0.717) is 5.69 Å². The van der Waals surface area contributed by atoms with E-state index in [2.05, 4.69) is 20.4 Å². The summed E-state index contributed by atoms with van der Waals surface area (Å²) in [5.74, 6) is -0.842. The molecule has 0 atom stereocenters. The van der Waals surface area contributed by atoms with Crippen LogP contribution < -0.4 is 14.8 Å². The van der Waals surface area contributed by atoms with Crippen LogP contribution in [-0.4, -0.2) is 53.9 Å². The molecule has 0 radical (unpaired) electrons. The average molecular weight is 398 g/mol. The van der Waals surface area contributed by atoms with Gasteiger partial charge < -0.3 is 9.47 Å². The highest BCUT2D eigenvalue weighted by atomic mass is 32.2. The van der Waals surface area contributed by atoms with Crippen molar-refractivity contribution >= 4 is 28.0 Å². The van der Waals surface area contributed by atoms with Crippen LogP contribution in [-0.2, 0) is 21.8 Å². The van der Waals surface area contributed by atoms with E-state index < -0.39 is 27.0 Å². The normalized spacial score (nSPS) is 11.0. The zero-order valence-electron chi connectivity index (χ0n) is 15.0. The number of nitrogens with zero attached hydrogens (tertiary/aromatic N) is 4. The van der Waals surface area contributed by atoms with Crippen molar-refractivity contribution in [1.29, 1.82) is 0 Å². The highest BCUT2D eigenvalue weighted by Gasteiger charge is 2.30. The van der Waals surface area contributed by atoms with Crippen LogP contribution in [0.3, 0.4) is 0 Å². The number of nitrogens with one attached hydrogen (secondary N) is 2. The number of hydrogen-bond donors (Lipinski definition) is 2. The number of hydrogen-bond acceptors (Lipinski definition) is 9. The molecule has 0 spiro atoms. The molecular weight excluding hydrogens is 380 g/mol. The minimum atomic E-state index is -4.44. The Morgan fingerprint density at radius 1 is 1.30 bits per heavy atom. The van der Waals surface area contributed by atoms with E-state index in [1.807, 2.05) is 0 Å². The molecule has 0 unspecified atom stereocenters. The number of amides is 2. The van der Waals surface area contributed by atoms with Crippen molar-refractivity contribution in [2.45, 2.75) is 18.9 Å². The van der Waals surface area contributed by atoms with Crippen LogP contribution in [0, 0.1) is 6.92 Å². The van der Waals surface area contributed by atoms with Crippen molar-refractivity contribution in [3.8, 4) is 5.88 Å². The first-order valence-corrected chi connectivity index (χ1v) is 9.08. The number of methoxy groups -OCH3 is 1. The topological polar surface area (TPSA) is 154 Å². The highest BCUT2D eigenvalue weighted by Crippen LogP contribution is 2.16. The summed E-state index contributed by atoms with van der Waals surface area (Å²) in [6.45, 7) is 3.27. The number of carbonyl (C=O) groups is 2. The largest absolute Gasteiger partial charge is 0.481 e. The molecule has 0 bridgehead atoms. The number of carbonyl (C=O) groups excluding carboxylic acids is 2. The molecule has 0 aliphatic heterocycles. The van der Waals surface area contributed by atoms with E-state index in [0.717, 1.165) is 10.9 Å². The summed E-state index contributed by atoms with van der Waals surface area (Å²) in [6.07, 6.45) is 1.04. The molecule has 2 aromatic heterocycles. The fourth-order valence-corrected chi connectivity index (χ4v) is 3.30. The van der Waals surface area contributed by atoms with Gasteiger partial charge in [-0.25, -0.2) is 19.3 Å². The van der Waals surface area contributed by atoms with Gasteiger partial charge in [0.15, 0.2) is 5.03 Å². The molecule has 2 heterocycles. The maximum atomic E-state index is 12.5. The average Bonchev–Trinajstić information content (AvgIpc) is 2.96. The Labute approximate surface area is 155 Å². The number of anilines is 1. The summed E-state index contributed by atoms with van der Waals surface area (Å²) >= 11 is 0. The monoisotopic (exact) mass is 398 g/mol. The van der Waals surface area contributed by atoms with Gasteiger partial charge in [0.25, 0.3) is 10.0 Å². The maximum Gasteiger partial charge on any atom is 0.342 e. The fourth-order valence-electron chi connectivity index (χ4n) is 2.09. The number of esters is 1. The fraction of sp³-hybridized carbons (Fsp3) is 0.357. The summed E-state index contributed by atoms with van der Waals surface area (Å²) in [7, 11) is -1.74. The Hall–Kier alpha value is -3.22. The molecule has 2 rings (SSSR count). The summed E-state index contributed by atoms with van der Waals surface area (Å²) < 4.78 is 37.5. The predicted octanol–water partition coefficient (Wildman–Crippen LogP) is 0.214. The van der Waals surface area contributed by atoms with Crippen molar-refractivity contribution in [2.75, 3.05) is 19.0 Å². The van der Waals surface area contributed by atoms with Crippen LogP contribution in [0.1, 0.15) is 23.0 Å². The molecular formula is C14H18N6O6S. The van der Waals surface area contributed by atoms with Gasteiger partial charge in [0.05, 0.1) is 19.9 Å². The van der Waals surface area contributed by atoms with Gasteiger partial charge in [0.2, 0.25) is 11.8 Å². The highest BCUT2D eigenvalue weighted by molar-refractivity contribution is 7.90. The quantitative estimate of drug-likeness (QED) is 0.650. The van der Waals surface area contributed by atoms with Gasteiger partial charge >= 0.3 is 12.0 Å². The van der Waals surface area contributed by atoms with Gasteiger partial charge in [-0.3, -0.25) is 10.00 Å². The van der Waals surface area contributed by atoms with Crippen molar-refractivity contribution < 1.29 is 27.5 Å². The third kappa shape index (κ3) is 4.69. The summed E-state index contributed by atoms with van der Waals surface area (Å²) in [6, 6.07) is 0.403. The molecule has 13 heteroatoms. The number of ether oxygens (including phenoxy) is 2. The SMILES string of the molecule is CCOC(=O)c1cnn(C)c1S(=O)(=O)NC(=O)Nc1nc(C)cc(OC)n1. The second kappa shape index (κ2) is 7.99. The first-order valence-electron chi connectivity index (χ1n) is 7.60. The zero-order valence-corrected chi connectivity index (χ0v) is 15.8. The Balaban J connectivity index is 2.24. The minimum Gasteiger partial charge on any atom is -0.481 e. The van der Waals surface area contributed by atoms with Crippen molar-refractivity contribution in [3.63, 3.8) is 0 Å². The number of sulfonamides is 1. The Morgan fingerprint density at radius 2 is 2.00 bits per heavy atom. The van der Waals surface area contributed by atoms with Crippen molar-refractivity contribution in [2.24, 2.45) is 7.05 Å². The minimum absolute atomic E-state index is 0.0493. The van der Waals surface area contributed by atoms with Gasteiger partial charge in [-0.1, -0.05) is 0 Å². The predicted molar refractivity (Wildman–Crippen MR) is 91.8 cm³/mol. The van der Waals surface area contributed by atoms with E-state index in [1.54, 1.807) is 18.6 Å². The van der Waals surface area contributed by atoms with Gasteiger partial charge in [0, 0.05) is 18.8 Å². The molecule has 2 amide bonds. The zero-order chi connectivity index (χ0) is 20.2. The number of aromatic nitrogens is 4. The lowest BCUT2D eigenvalue weighted by molar-refractivity contribution is 0.0521. The molecule has 146 valence electrons. The molecule has 2 aromatic rings. The summed E-state index contributed by atoms with van der Waals surface area (Å²) in [4.78, 5) is 31.8. The van der Waals surface area contributed by atoms with Crippen LogP contribution >= 0.6 is 0 Å². The Bertz CT molecular complexity index is 970. The molecule has 0 fully saturated rings. The molecule has 2 N–H and O–H groups in total. The third-order valence-electron chi connectivity index (χ3n) is 3.13. The van der Waals surface area contributed by atoms with Crippen LogP contribution in [0.4, 0.5) is 10.7 Å². The van der Waals surface area contributed by atoms with Gasteiger partial charge in [0.1, 0.15) is 5.56 Å². The second-order valence-corrected chi connectivity index (χ2v) is 6.74. The van der Waals surface area contributed by atoms with Crippen LogP contribution in [0.15, 0.2) is 17.3 Å². The van der Waals surface area contributed by atoms with Crippen LogP contribution in [0.2, 0.25) is 0 Å². The second-order valence-electron chi connectivity index (χ2n) is 5.14. The van der Waals surface area contributed by atoms with Crippen LogP contribution in [0.25, 0.3) is 0 Å². The van der Waals surface area contributed by atoms with E-state index >= 15 is 0 Å². The lowest BCUT2D eigenvalue weighted by Crippen LogP contribution is -2.36. The molecule has 27 heavy (non-hydrogen) atoms. The van der Waals surface area contributed by atoms with Crippen molar-refractivity contribution in [1.82, 2.24) is 24.5 Å². The smallest absolute Gasteiger partial charge is 0.342 e. The Kier molecular flexibility index (Phi) is 5.95. The van der Waals surface area contributed by atoms with Gasteiger partial charge in [-0.2, -0.15) is 18.5 Å². The van der Waals surface area contributed by atoms with Crippen molar-refractivity contribution in [3.05, 3.63) is 23.5 Å². The lowest BCUT2D eigenvalue weighted by atomic mass is 10.4. The molecule has 0 saturated heterocycles. The summed E-state index contributed by atoms with van der Waals surface area (Å²) in [5, 5.41) is 5.41. The number of aryl methyl sites for hydroxylation is 2. The third-order valence-corrected chi connectivity index (χ3v) is 4.57.